The average molecular weight is 394 g/mol. The number of aromatic hydroxyl groups is 1. The fraction of sp³-hybridized carbons (Fsp3) is 0.350. The Bertz CT molecular complexity index is 1140. The molecule has 1 saturated carbocycles. The average Bonchev–Trinajstić information content (AvgIpc) is 3.40. The third kappa shape index (κ3) is 3.75. The van der Waals surface area contributed by atoms with E-state index < -0.39 is 11.5 Å². The summed E-state index contributed by atoms with van der Waals surface area (Å²) in [5.74, 6) is -0.746. The Balaban J connectivity index is 1.86. The van der Waals surface area contributed by atoms with Gasteiger partial charge < -0.3 is 10.4 Å². The SMILES string of the molecule is CC(C)Cn1c(O)c(C(=O)NC2CC2)c(=O)n2ncc(/C=C/c3cnccn3)c12. The van der Waals surface area contributed by atoms with Gasteiger partial charge in [0.15, 0.2) is 5.56 Å². The molecule has 1 amide bonds. The largest absolute Gasteiger partial charge is 0.494 e. The molecule has 0 radical (unpaired) electrons. The normalized spacial score (nSPS) is 14.2. The van der Waals surface area contributed by atoms with Gasteiger partial charge in [-0.1, -0.05) is 13.8 Å². The Hall–Kier alpha value is -3.49. The Morgan fingerprint density at radius 3 is 2.76 bits per heavy atom. The highest BCUT2D eigenvalue weighted by Gasteiger charge is 2.29. The molecule has 0 saturated heterocycles. The molecule has 3 aromatic heterocycles. The minimum Gasteiger partial charge on any atom is -0.494 e. The molecule has 3 aromatic rings. The smallest absolute Gasteiger partial charge is 0.291 e. The molecule has 3 heterocycles. The van der Waals surface area contributed by atoms with Crippen LogP contribution in [0.25, 0.3) is 17.8 Å². The monoisotopic (exact) mass is 394 g/mol. The molecule has 1 aliphatic carbocycles. The van der Waals surface area contributed by atoms with Crippen LogP contribution < -0.4 is 10.9 Å². The van der Waals surface area contributed by atoms with Crippen LogP contribution in [0.3, 0.4) is 0 Å². The molecule has 0 unspecified atom stereocenters. The van der Waals surface area contributed by atoms with Crippen LogP contribution in [0.1, 0.15) is 48.3 Å². The van der Waals surface area contributed by atoms with Gasteiger partial charge in [0.2, 0.25) is 5.88 Å². The lowest BCUT2D eigenvalue weighted by molar-refractivity contribution is 0.0944. The lowest BCUT2D eigenvalue weighted by atomic mass is 10.2. The van der Waals surface area contributed by atoms with Gasteiger partial charge in [-0.3, -0.25) is 24.1 Å². The molecule has 0 bridgehead atoms. The number of hydrogen-bond acceptors (Lipinski definition) is 6. The van der Waals surface area contributed by atoms with Crippen LogP contribution in [0.5, 0.6) is 5.88 Å². The topological polar surface area (TPSA) is 114 Å². The molecule has 1 aliphatic rings. The lowest BCUT2D eigenvalue weighted by Crippen LogP contribution is -2.34. The third-order valence-electron chi connectivity index (χ3n) is 4.62. The van der Waals surface area contributed by atoms with E-state index >= 15 is 0 Å². The zero-order valence-electron chi connectivity index (χ0n) is 16.2. The standard InChI is InChI=1S/C20H22N6O3/c1-12(2)11-25-18-13(3-4-15-10-21-7-8-22-15)9-23-26(18)20(29)16(19(25)28)17(27)24-14-5-6-14/h3-4,7-10,12,14,28H,5-6,11H2,1-2H3,(H,24,27)/b4-3+. The number of fused-ring (bicyclic) bond motifs is 1. The summed E-state index contributed by atoms with van der Waals surface area (Å²) in [6.07, 6.45) is 11.6. The van der Waals surface area contributed by atoms with E-state index in [1.807, 2.05) is 13.8 Å². The molecule has 9 heteroatoms. The summed E-state index contributed by atoms with van der Waals surface area (Å²) in [6.45, 7) is 4.39. The number of carbonyl (C=O) groups excluding carboxylic acids is 1. The van der Waals surface area contributed by atoms with E-state index in [1.54, 1.807) is 35.3 Å². The van der Waals surface area contributed by atoms with Crippen LogP contribution in [0, 0.1) is 5.92 Å². The second-order valence-corrected chi connectivity index (χ2v) is 7.55. The van der Waals surface area contributed by atoms with Crippen molar-refractivity contribution >= 4 is 23.7 Å². The maximum Gasteiger partial charge on any atom is 0.291 e. The van der Waals surface area contributed by atoms with Gasteiger partial charge in [0.1, 0.15) is 5.65 Å². The van der Waals surface area contributed by atoms with Crippen LogP contribution in [-0.2, 0) is 6.54 Å². The molecule has 29 heavy (non-hydrogen) atoms. The fourth-order valence-electron chi connectivity index (χ4n) is 3.12. The molecule has 0 aromatic carbocycles. The summed E-state index contributed by atoms with van der Waals surface area (Å²) in [5.41, 5.74) is 0.767. The van der Waals surface area contributed by atoms with Crippen molar-refractivity contribution in [3.63, 3.8) is 0 Å². The minimum atomic E-state index is -0.644. The van der Waals surface area contributed by atoms with Crippen molar-refractivity contribution in [2.24, 2.45) is 5.92 Å². The molecule has 0 spiro atoms. The number of carbonyl (C=O) groups is 1. The van der Waals surface area contributed by atoms with Crippen LogP contribution in [-0.4, -0.2) is 41.2 Å². The summed E-state index contributed by atoms with van der Waals surface area (Å²) in [4.78, 5) is 33.7. The van der Waals surface area contributed by atoms with Gasteiger partial charge in [-0.25, -0.2) is 0 Å². The van der Waals surface area contributed by atoms with Crippen LogP contribution in [0.2, 0.25) is 0 Å². The van der Waals surface area contributed by atoms with Gasteiger partial charge in [-0.15, -0.1) is 0 Å². The Morgan fingerprint density at radius 1 is 1.31 bits per heavy atom. The number of hydrogen-bond donors (Lipinski definition) is 2. The summed E-state index contributed by atoms with van der Waals surface area (Å²) in [7, 11) is 0. The molecule has 2 N–H and O–H groups in total. The summed E-state index contributed by atoms with van der Waals surface area (Å²) in [5, 5.41) is 17.8. The summed E-state index contributed by atoms with van der Waals surface area (Å²) in [6, 6.07) is 0.0682. The molecule has 4 rings (SSSR count). The van der Waals surface area contributed by atoms with Crippen molar-refractivity contribution in [1.82, 2.24) is 29.5 Å². The molecule has 1 fully saturated rings. The molecule has 0 aliphatic heterocycles. The van der Waals surface area contributed by atoms with Gasteiger partial charge in [0.25, 0.3) is 11.5 Å². The van der Waals surface area contributed by atoms with Crippen LogP contribution in [0.4, 0.5) is 0 Å². The first-order valence-electron chi connectivity index (χ1n) is 9.54. The van der Waals surface area contributed by atoms with Gasteiger partial charge >= 0.3 is 0 Å². The number of nitrogens with zero attached hydrogens (tertiary/aromatic N) is 5. The van der Waals surface area contributed by atoms with Gasteiger partial charge in [-0.2, -0.15) is 9.61 Å². The van der Waals surface area contributed by atoms with Crippen molar-refractivity contribution in [3.05, 3.63) is 52.0 Å². The first-order chi connectivity index (χ1) is 14.0. The van der Waals surface area contributed by atoms with E-state index in [9.17, 15) is 14.7 Å². The van der Waals surface area contributed by atoms with Crippen molar-refractivity contribution in [3.8, 4) is 5.88 Å². The minimum absolute atomic E-state index is 0.0682. The molecule has 0 atom stereocenters. The van der Waals surface area contributed by atoms with Crippen molar-refractivity contribution in [1.29, 1.82) is 0 Å². The van der Waals surface area contributed by atoms with Crippen LogP contribution in [0.15, 0.2) is 29.6 Å². The van der Waals surface area contributed by atoms with E-state index in [4.69, 9.17) is 0 Å². The van der Waals surface area contributed by atoms with Crippen molar-refractivity contribution in [2.45, 2.75) is 39.3 Å². The number of nitrogens with one attached hydrogen (secondary N) is 1. The predicted octanol–water partition coefficient (Wildman–Crippen LogP) is 1.71. The molecule has 9 nitrogen and oxygen atoms in total. The van der Waals surface area contributed by atoms with E-state index in [1.165, 1.54) is 10.7 Å². The highest BCUT2D eigenvalue weighted by Crippen LogP contribution is 2.24. The summed E-state index contributed by atoms with van der Waals surface area (Å²) >= 11 is 0. The van der Waals surface area contributed by atoms with Crippen LogP contribution >= 0.6 is 0 Å². The van der Waals surface area contributed by atoms with Gasteiger partial charge in [-0.05, 0) is 30.9 Å². The number of rotatable bonds is 6. The third-order valence-corrected chi connectivity index (χ3v) is 4.62. The molecular weight excluding hydrogens is 372 g/mol. The zero-order chi connectivity index (χ0) is 20.5. The highest BCUT2D eigenvalue weighted by molar-refractivity contribution is 5.96. The second kappa shape index (κ2) is 7.50. The highest BCUT2D eigenvalue weighted by atomic mass is 16.3. The second-order valence-electron chi connectivity index (χ2n) is 7.55. The lowest BCUT2D eigenvalue weighted by Gasteiger charge is -2.17. The maximum atomic E-state index is 12.9. The molecule has 150 valence electrons. The number of amides is 1. The Morgan fingerprint density at radius 2 is 2.10 bits per heavy atom. The molecular formula is C20H22N6O3. The van der Waals surface area contributed by atoms with Crippen molar-refractivity contribution < 1.29 is 9.90 Å². The Kier molecular flexibility index (Phi) is 4.87. The van der Waals surface area contributed by atoms with Gasteiger partial charge in [0, 0.05) is 30.5 Å². The summed E-state index contributed by atoms with van der Waals surface area (Å²) < 4.78 is 2.73. The number of aromatic nitrogens is 5. The fourth-order valence-corrected chi connectivity index (χ4v) is 3.12. The quantitative estimate of drug-likeness (QED) is 0.658. The van der Waals surface area contributed by atoms with E-state index in [2.05, 4.69) is 20.4 Å². The van der Waals surface area contributed by atoms with Gasteiger partial charge in [0.05, 0.1) is 18.1 Å². The zero-order valence-corrected chi connectivity index (χ0v) is 16.2. The Labute approximate surface area is 166 Å². The van der Waals surface area contributed by atoms with E-state index in [-0.39, 0.29) is 23.4 Å². The maximum absolute atomic E-state index is 12.9. The van der Waals surface area contributed by atoms with E-state index in [0.717, 1.165) is 12.8 Å². The van der Waals surface area contributed by atoms with Crippen molar-refractivity contribution in [2.75, 3.05) is 0 Å². The van der Waals surface area contributed by atoms with E-state index in [0.29, 0.717) is 23.4 Å². The first kappa shape index (κ1) is 18.9. The predicted molar refractivity (Wildman–Crippen MR) is 107 cm³/mol. The first-order valence-corrected chi connectivity index (χ1v) is 9.54.